The molecule has 10 heteroatoms. The van der Waals surface area contributed by atoms with Gasteiger partial charge in [-0.05, 0) is 55.9 Å². The van der Waals surface area contributed by atoms with Crippen LogP contribution in [0.4, 0.5) is 14.6 Å². The maximum Gasteiger partial charge on any atom is 0.271 e. The lowest BCUT2D eigenvalue weighted by Gasteiger charge is -2.29. The van der Waals surface area contributed by atoms with Gasteiger partial charge in [0.2, 0.25) is 0 Å². The summed E-state index contributed by atoms with van der Waals surface area (Å²) in [5.74, 6) is -1.36. The molecule has 0 saturated heterocycles. The largest absolute Gasteiger partial charge is 0.369 e. The van der Waals surface area contributed by atoms with Crippen molar-refractivity contribution < 1.29 is 18.4 Å². The molecule has 1 aromatic carbocycles. The average Bonchev–Trinajstić information content (AvgIpc) is 3.35. The molecule has 4 aromatic rings. The lowest BCUT2D eigenvalue weighted by Crippen LogP contribution is -2.44. The molecule has 2 amide bonds. The Morgan fingerprint density at radius 2 is 1.61 bits per heavy atom. The van der Waals surface area contributed by atoms with Gasteiger partial charge in [0.05, 0.1) is 11.8 Å². The van der Waals surface area contributed by atoms with Gasteiger partial charge in [-0.2, -0.15) is 0 Å². The van der Waals surface area contributed by atoms with E-state index in [-0.39, 0.29) is 35.2 Å². The van der Waals surface area contributed by atoms with Crippen LogP contribution in [-0.4, -0.2) is 44.8 Å². The number of hydrogen-bond donors (Lipinski definition) is 3. The van der Waals surface area contributed by atoms with E-state index in [4.69, 9.17) is 0 Å². The van der Waals surface area contributed by atoms with Crippen molar-refractivity contribution in [3.05, 3.63) is 95.6 Å². The van der Waals surface area contributed by atoms with E-state index in [1.54, 1.807) is 0 Å². The number of anilines is 1. The predicted octanol–water partition coefficient (Wildman–Crippen LogP) is 4.13. The molecule has 38 heavy (non-hydrogen) atoms. The molecular formula is C28H28F2N6O2. The van der Waals surface area contributed by atoms with Crippen LogP contribution in [0.5, 0.6) is 0 Å². The summed E-state index contributed by atoms with van der Waals surface area (Å²) < 4.78 is 28.8. The second-order valence-corrected chi connectivity index (χ2v) is 9.45. The van der Waals surface area contributed by atoms with Gasteiger partial charge in [0.15, 0.2) is 0 Å². The molecule has 1 saturated carbocycles. The second-order valence-electron chi connectivity index (χ2n) is 9.45. The van der Waals surface area contributed by atoms with Gasteiger partial charge < -0.3 is 20.4 Å². The van der Waals surface area contributed by atoms with Crippen molar-refractivity contribution in [3.63, 3.8) is 0 Å². The Morgan fingerprint density at radius 3 is 2.34 bits per heavy atom. The van der Waals surface area contributed by atoms with Crippen LogP contribution in [-0.2, 0) is 6.42 Å². The minimum atomic E-state index is -0.579. The van der Waals surface area contributed by atoms with E-state index < -0.39 is 11.6 Å². The minimum absolute atomic E-state index is 0.0664. The fourth-order valence-corrected chi connectivity index (χ4v) is 4.70. The van der Waals surface area contributed by atoms with Gasteiger partial charge in [0.1, 0.15) is 28.8 Å². The number of amides is 2. The SMILES string of the molecule is O=C(N[C@H]1CC[C@@H](NC(=O)c2cc(F)cnc2NCCc2ccccc2)CC1)c1cn2cc(F)ccc2n1. The van der Waals surface area contributed by atoms with E-state index >= 15 is 0 Å². The standard InChI is InChI=1S/C28H28F2N6O2/c29-19-6-11-25-35-24(17-36(25)16-19)28(38)34-22-9-7-21(8-10-22)33-27(37)23-14-20(30)15-32-26(23)31-13-12-18-4-2-1-3-5-18/h1-6,11,14-17,21-22H,7-10,12-13H2,(H,31,32)(H,33,37)(H,34,38)/t21-,22+. The van der Waals surface area contributed by atoms with Gasteiger partial charge in [-0.15, -0.1) is 0 Å². The summed E-state index contributed by atoms with van der Waals surface area (Å²) >= 11 is 0. The van der Waals surface area contributed by atoms with Crippen LogP contribution in [0.15, 0.2) is 67.1 Å². The van der Waals surface area contributed by atoms with Crippen LogP contribution in [0.2, 0.25) is 0 Å². The highest BCUT2D eigenvalue weighted by atomic mass is 19.1. The summed E-state index contributed by atoms with van der Waals surface area (Å²) in [5.41, 5.74) is 2.02. The van der Waals surface area contributed by atoms with Crippen LogP contribution in [0, 0.1) is 11.6 Å². The van der Waals surface area contributed by atoms with E-state index in [2.05, 4.69) is 25.9 Å². The Kier molecular flexibility index (Phi) is 7.57. The first-order valence-corrected chi connectivity index (χ1v) is 12.6. The van der Waals surface area contributed by atoms with Crippen molar-refractivity contribution in [1.29, 1.82) is 0 Å². The highest BCUT2D eigenvalue weighted by molar-refractivity contribution is 5.99. The molecular weight excluding hydrogens is 490 g/mol. The number of halogens is 2. The average molecular weight is 519 g/mol. The predicted molar refractivity (Wildman–Crippen MR) is 139 cm³/mol. The zero-order chi connectivity index (χ0) is 26.5. The third-order valence-corrected chi connectivity index (χ3v) is 6.69. The van der Waals surface area contributed by atoms with Gasteiger partial charge >= 0.3 is 0 Å². The molecule has 1 aliphatic rings. The normalized spacial score (nSPS) is 17.2. The molecule has 0 spiro atoms. The van der Waals surface area contributed by atoms with Crippen LogP contribution >= 0.6 is 0 Å². The number of aromatic nitrogens is 3. The molecule has 0 atom stereocenters. The zero-order valence-corrected chi connectivity index (χ0v) is 20.7. The summed E-state index contributed by atoms with van der Waals surface area (Å²) in [6, 6.07) is 13.7. The number of benzene rings is 1. The molecule has 3 heterocycles. The Hall–Kier alpha value is -4.34. The first kappa shape index (κ1) is 25.3. The van der Waals surface area contributed by atoms with Gasteiger partial charge in [-0.25, -0.2) is 18.7 Å². The molecule has 0 aliphatic heterocycles. The molecule has 3 aromatic heterocycles. The van der Waals surface area contributed by atoms with E-state index in [9.17, 15) is 18.4 Å². The number of nitrogens with one attached hydrogen (secondary N) is 3. The fourth-order valence-electron chi connectivity index (χ4n) is 4.70. The summed E-state index contributed by atoms with van der Waals surface area (Å²) in [4.78, 5) is 34.0. The molecule has 0 bridgehead atoms. The number of fused-ring (bicyclic) bond motifs is 1. The van der Waals surface area contributed by atoms with E-state index in [1.807, 2.05) is 30.3 Å². The summed E-state index contributed by atoms with van der Waals surface area (Å²) in [6.07, 6.45) is 7.25. The molecule has 3 N–H and O–H groups in total. The molecule has 1 fully saturated rings. The van der Waals surface area contributed by atoms with Crippen LogP contribution in [0.25, 0.3) is 5.65 Å². The Balaban J connectivity index is 1.13. The van der Waals surface area contributed by atoms with Crippen molar-refractivity contribution >= 4 is 23.3 Å². The Bertz CT molecular complexity index is 1430. The molecule has 8 nitrogen and oxygen atoms in total. The number of carbonyl (C=O) groups excluding carboxylic acids is 2. The maximum absolute atomic E-state index is 13.9. The quantitative estimate of drug-likeness (QED) is 0.326. The van der Waals surface area contributed by atoms with Gasteiger partial charge in [-0.1, -0.05) is 30.3 Å². The van der Waals surface area contributed by atoms with Crippen LogP contribution < -0.4 is 16.0 Å². The smallest absolute Gasteiger partial charge is 0.271 e. The highest BCUT2D eigenvalue weighted by Gasteiger charge is 2.26. The third-order valence-electron chi connectivity index (χ3n) is 6.69. The number of pyridine rings is 2. The van der Waals surface area contributed by atoms with Gasteiger partial charge in [0, 0.05) is 31.0 Å². The summed E-state index contributed by atoms with van der Waals surface area (Å²) in [6.45, 7) is 0.551. The fraction of sp³-hybridized carbons (Fsp3) is 0.286. The Labute approximate surface area is 218 Å². The third kappa shape index (κ3) is 6.13. The monoisotopic (exact) mass is 518 g/mol. The first-order valence-electron chi connectivity index (χ1n) is 12.6. The van der Waals surface area contributed by atoms with Crippen molar-refractivity contribution in [2.75, 3.05) is 11.9 Å². The van der Waals surface area contributed by atoms with Crippen molar-refractivity contribution in [3.8, 4) is 0 Å². The summed E-state index contributed by atoms with van der Waals surface area (Å²) in [5, 5.41) is 9.12. The van der Waals surface area contributed by atoms with Crippen LogP contribution in [0.1, 0.15) is 52.1 Å². The van der Waals surface area contributed by atoms with Gasteiger partial charge in [0.25, 0.3) is 11.8 Å². The van der Waals surface area contributed by atoms with E-state index in [0.29, 0.717) is 43.7 Å². The summed E-state index contributed by atoms with van der Waals surface area (Å²) in [7, 11) is 0. The number of carbonyl (C=O) groups is 2. The number of imidazole rings is 1. The number of hydrogen-bond acceptors (Lipinski definition) is 5. The Morgan fingerprint density at radius 1 is 0.895 bits per heavy atom. The number of nitrogens with zero attached hydrogens (tertiary/aromatic N) is 3. The molecule has 1 aliphatic carbocycles. The second kappa shape index (κ2) is 11.4. The molecule has 196 valence electrons. The lowest BCUT2D eigenvalue weighted by molar-refractivity contribution is 0.0889. The number of rotatable bonds is 8. The van der Waals surface area contributed by atoms with Crippen molar-refractivity contribution in [1.82, 2.24) is 25.0 Å². The van der Waals surface area contributed by atoms with E-state index in [0.717, 1.165) is 18.2 Å². The topological polar surface area (TPSA) is 100 Å². The highest BCUT2D eigenvalue weighted by Crippen LogP contribution is 2.21. The lowest BCUT2D eigenvalue weighted by atomic mass is 9.91. The van der Waals surface area contributed by atoms with E-state index in [1.165, 1.54) is 35.0 Å². The maximum atomic E-state index is 13.9. The minimum Gasteiger partial charge on any atom is -0.369 e. The van der Waals surface area contributed by atoms with Crippen LogP contribution in [0.3, 0.4) is 0 Å². The molecule has 0 radical (unpaired) electrons. The molecule has 5 rings (SSSR count). The van der Waals surface area contributed by atoms with Gasteiger partial charge in [-0.3, -0.25) is 9.59 Å². The van der Waals surface area contributed by atoms with Crippen molar-refractivity contribution in [2.24, 2.45) is 0 Å². The molecule has 0 unspecified atom stereocenters. The zero-order valence-electron chi connectivity index (χ0n) is 20.7. The first-order chi connectivity index (χ1) is 18.4. The van der Waals surface area contributed by atoms with Crippen molar-refractivity contribution in [2.45, 2.75) is 44.2 Å².